The van der Waals surface area contributed by atoms with Gasteiger partial charge >= 0.3 is 6.09 Å². The average molecular weight is 404 g/mol. The second-order valence-corrected chi connectivity index (χ2v) is 7.25. The van der Waals surface area contributed by atoms with E-state index in [1.165, 1.54) is 25.7 Å². The first-order valence-corrected chi connectivity index (χ1v) is 10.7. The van der Waals surface area contributed by atoms with Crippen molar-refractivity contribution >= 4 is 22.6 Å². The zero-order chi connectivity index (χ0) is 21.0. The van der Waals surface area contributed by atoms with E-state index in [1.807, 2.05) is 60.7 Å². The molecule has 5 nitrogen and oxygen atoms in total. The van der Waals surface area contributed by atoms with Crippen molar-refractivity contribution in [2.75, 3.05) is 6.54 Å². The van der Waals surface area contributed by atoms with Crippen LogP contribution in [0.3, 0.4) is 0 Å². The average Bonchev–Trinajstić information content (AvgIpc) is 2.79. The lowest BCUT2D eigenvalue weighted by atomic mass is 9.99. The molecule has 1 amide bonds. The molecule has 0 atom stereocenters. The van der Waals surface area contributed by atoms with Gasteiger partial charge in [0.25, 0.3) is 0 Å². The molecule has 1 aromatic heterocycles. The molecule has 3 rings (SSSR count). The van der Waals surface area contributed by atoms with Crippen LogP contribution in [-0.4, -0.2) is 23.3 Å². The van der Waals surface area contributed by atoms with Gasteiger partial charge < -0.3 is 5.32 Å². The van der Waals surface area contributed by atoms with Gasteiger partial charge in [0.2, 0.25) is 0 Å². The maximum absolute atomic E-state index is 12.1. The molecule has 1 N–H and O–H groups in total. The monoisotopic (exact) mass is 403 g/mol. The summed E-state index contributed by atoms with van der Waals surface area (Å²) in [4.78, 5) is 21.8. The van der Waals surface area contributed by atoms with Gasteiger partial charge in [-0.1, -0.05) is 92.7 Å². The van der Waals surface area contributed by atoms with E-state index in [9.17, 15) is 4.79 Å². The molecular formula is C25H29N3O2. The Kier molecular flexibility index (Phi) is 8.39. The Hall–Kier alpha value is -3.21. The molecule has 2 aromatic carbocycles. The first kappa shape index (κ1) is 21.5. The summed E-state index contributed by atoms with van der Waals surface area (Å²) < 4.78 is 0. The molecule has 0 radical (unpaired) electrons. The second kappa shape index (κ2) is 11.7. The first-order valence-electron chi connectivity index (χ1n) is 10.7. The van der Waals surface area contributed by atoms with E-state index in [0.717, 1.165) is 29.2 Å². The maximum Gasteiger partial charge on any atom is 0.433 e. The smallest absolute Gasteiger partial charge is 0.320 e. The van der Waals surface area contributed by atoms with Crippen molar-refractivity contribution in [3.63, 3.8) is 0 Å². The number of amides is 1. The minimum Gasteiger partial charge on any atom is -0.320 e. The maximum atomic E-state index is 12.1. The number of hydrogen-bond acceptors (Lipinski definition) is 4. The molecule has 0 saturated heterocycles. The number of fused-ring (bicyclic) bond motifs is 1. The van der Waals surface area contributed by atoms with Gasteiger partial charge in [-0.05, 0) is 29.3 Å². The van der Waals surface area contributed by atoms with Gasteiger partial charge in [0.1, 0.15) is 5.71 Å². The van der Waals surface area contributed by atoms with E-state index >= 15 is 0 Å². The molecule has 0 spiro atoms. The lowest BCUT2D eigenvalue weighted by Crippen LogP contribution is -2.24. The summed E-state index contributed by atoms with van der Waals surface area (Å²) in [5.74, 6) is 0. The topological polar surface area (TPSA) is 63.6 Å². The number of nitrogens with zero attached hydrogens (tertiary/aromatic N) is 2. The van der Waals surface area contributed by atoms with Crippen molar-refractivity contribution in [1.29, 1.82) is 0 Å². The van der Waals surface area contributed by atoms with Crippen LogP contribution in [0, 0.1) is 0 Å². The Balaban J connectivity index is 1.69. The third-order valence-corrected chi connectivity index (χ3v) is 4.97. The van der Waals surface area contributed by atoms with Crippen LogP contribution in [0.1, 0.15) is 56.7 Å². The number of unbranched alkanes of at least 4 members (excludes halogenated alkanes) is 5. The minimum absolute atomic E-state index is 0.530. The van der Waals surface area contributed by atoms with Crippen LogP contribution in [0.15, 0.2) is 72.0 Å². The zero-order valence-electron chi connectivity index (χ0n) is 17.5. The Morgan fingerprint density at radius 1 is 0.933 bits per heavy atom. The number of hydrogen-bond donors (Lipinski definition) is 1. The molecule has 0 aliphatic heterocycles. The Morgan fingerprint density at radius 2 is 1.70 bits per heavy atom. The van der Waals surface area contributed by atoms with E-state index in [1.54, 1.807) is 6.20 Å². The molecule has 0 unspecified atom stereocenters. The number of carbonyl (C=O) groups excluding carboxylic acids is 1. The van der Waals surface area contributed by atoms with Crippen molar-refractivity contribution in [3.8, 4) is 0 Å². The number of nitrogens with one attached hydrogen (secondary N) is 1. The summed E-state index contributed by atoms with van der Waals surface area (Å²) in [6.07, 6.45) is 8.17. The van der Waals surface area contributed by atoms with Crippen molar-refractivity contribution in [2.45, 2.75) is 45.4 Å². The number of benzene rings is 2. The van der Waals surface area contributed by atoms with Crippen LogP contribution < -0.4 is 5.32 Å². The van der Waals surface area contributed by atoms with Crippen molar-refractivity contribution < 1.29 is 9.63 Å². The molecule has 0 bridgehead atoms. The minimum atomic E-state index is -0.544. The fourth-order valence-electron chi connectivity index (χ4n) is 3.38. The summed E-state index contributed by atoms with van der Waals surface area (Å²) in [6.45, 7) is 2.79. The van der Waals surface area contributed by atoms with Crippen molar-refractivity contribution in [2.24, 2.45) is 5.16 Å². The van der Waals surface area contributed by atoms with Gasteiger partial charge in [0, 0.05) is 18.3 Å². The normalized spacial score (nSPS) is 11.4. The predicted molar refractivity (Wildman–Crippen MR) is 122 cm³/mol. The summed E-state index contributed by atoms with van der Waals surface area (Å²) >= 11 is 0. The standard InChI is InChI=1S/C25H29N3O2/c1-2-3-4-5-6-10-19-27-25(29)30-28-24(23-17-9-11-18-26-23)22-16-12-14-20-13-7-8-15-21(20)22/h7-9,11-18H,2-6,10,19H2,1H3,(H,27,29)/b28-24-. The lowest BCUT2D eigenvalue weighted by Gasteiger charge is -2.10. The zero-order valence-corrected chi connectivity index (χ0v) is 17.5. The number of aromatic nitrogens is 1. The van der Waals surface area contributed by atoms with E-state index in [0.29, 0.717) is 18.0 Å². The molecule has 1 heterocycles. The van der Waals surface area contributed by atoms with Crippen LogP contribution >= 0.6 is 0 Å². The summed E-state index contributed by atoms with van der Waals surface area (Å²) in [5, 5.41) is 9.09. The van der Waals surface area contributed by atoms with Gasteiger partial charge in [-0.15, -0.1) is 0 Å². The third-order valence-electron chi connectivity index (χ3n) is 4.97. The molecule has 0 saturated carbocycles. The molecule has 0 aliphatic carbocycles. The highest BCUT2D eigenvalue weighted by molar-refractivity contribution is 6.18. The van der Waals surface area contributed by atoms with Crippen LogP contribution in [0.2, 0.25) is 0 Å². The summed E-state index contributed by atoms with van der Waals surface area (Å²) in [7, 11) is 0. The highest BCUT2D eigenvalue weighted by atomic mass is 16.7. The molecule has 3 aromatic rings. The van der Waals surface area contributed by atoms with Crippen LogP contribution in [0.4, 0.5) is 4.79 Å². The van der Waals surface area contributed by atoms with E-state index < -0.39 is 6.09 Å². The van der Waals surface area contributed by atoms with Crippen LogP contribution in [0.25, 0.3) is 10.8 Å². The quantitative estimate of drug-likeness (QED) is 0.193. The van der Waals surface area contributed by atoms with E-state index in [-0.39, 0.29) is 0 Å². The van der Waals surface area contributed by atoms with Crippen LogP contribution in [0.5, 0.6) is 0 Å². The number of rotatable bonds is 10. The van der Waals surface area contributed by atoms with Crippen molar-refractivity contribution in [3.05, 3.63) is 78.1 Å². The van der Waals surface area contributed by atoms with E-state index in [4.69, 9.17) is 4.84 Å². The van der Waals surface area contributed by atoms with Gasteiger partial charge in [0.15, 0.2) is 0 Å². The number of carbonyl (C=O) groups is 1. The third kappa shape index (κ3) is 6.14. The molecule has 0 fully saturated rings. The lowest BCUT2D eigenvalue weighted by molar-refractivity contribution is 0.150. The molecule has 156 valence electrons. The first-order chi connectivity index (χ1) is 14.8. The molecule has 30 heavy (non-hydrogen) atoms. The Morgan fingerprint density at radius 3 is 2.53 bits per heavy atom. The second-order valence-electron chi connectivity index (χ2n) is 7.25. The number of pyridine rings is 1. The Bertz CT molecular complexity index is 965. The molecular weight excluding hydrogens is 374 g/mol. The fourth-order valence-corrected chi connectivity index (χ4v) is 3.38. The fraction of sp³-hybridized carbons (Fsp3) is 0.320. The molecule has 0 aliphatic rings. The van der Waals surface area contributed by atoms with Crippen molar-refractivity contribution in [1.82, 2.24) is 10.3 Å². The van der Waals surface area contributed by atoms with Gasteiger partial charge in [0.05, 0.1) is 5.69 Å². The van der Waals surface area contributed by atoms with Gasteiger partial charge in [-0.25, -0.2) is 4.79 Å². The highest BCUT2D eigenvalue weighted by Crippen LogP contribution is 2.21. The Labute approximate surface area is 178 Å². The largest absolute Gasteiger partial charge is 0.433 e. The van der Waals surface area contributed by atoms with E-state index in [2.05, 4.69) is 22.4 Å². The highest BCUT2D eigenvalue weighted by Gasteiger charge is 2.14. The van der Waals surface area contributed by atoms with Gasteiger partial charge in [-0.3, -0.25) is 9.82 Å². The number of oxime groups is 1. The summed E-state index contributed by atoms with van der Waals surface area (Å²) in [5.41, 5.74) is 2.05. The SMILES string of the molecule is CCCCCCCCNC(=O)O/N=C(\c1ccccn1)c1cccc2ccccc12. The summed E-state index contributed by atoms with van der Waals surface area (Å²) in [6, 6.07) is 19.6. The van der Waals surface area contributed by atoms with Crippen LogP contribution in [-0.2, 0) is 4.84 Å². The molecule has 5 heteroatoms. The predicted octanol–water partition coefficient (Wildman–Crippen LogP) is 6.07. The van der Waals surface area contributed by atoms with Gasteiger partial charge in [-0.2, -0.15) is 0 Å².